The number of ether oxygens (including phenoxy) is 1. The second-order valence-electron chi connectivity index (χ2n) is 5.71. The van der Waals surface area contributed by atoms with Gasteiger partial charge in [-0.2, -0.15) is 5.10 Å². The van der Waals surface area contributed by atoms with Gasteiger partial charge in [-0.1, -0.05) is 6.07 Å². The number of pyridine rings is 1. The molecular weight excluding hydrogens is 264 g/mol. The molecule has 3 heterocycles. The molecule has 21 heavy (non-hydrogen) atoms. The number of nitrogens with zero attached hydrogens (tertiary/aromatic N) is 2. The highest BCUT2D eigenvalue weighted by Gasteiger charge is 2.18. The molecule has 1 atom stereocenters. The Morgan fingerprint density at radius 2 is 2.24 bits per heavy atom. The van der Waals surface area contributed by atoms with Crippen LogP contribution in [0.4, 0.5) is 5.69 Å². The van der Waals surface area contributed by atoms with Gasteiger partial charge in [-0.25, -0.2) is 0 Å². The minimum Gasteiger partial charge on any atom is -0.381 e. The van der Waals surface area contributed by atoms with E-state index in [1.807, 2.05) is 24.4 Å². The van der Waals surface area contributed by atoms with Gasteiger partial charge in [0.1, 0.15) is 5.69 Å². The lowest BCUT2D eigenvalue weighted by Crippen LogP contribution is -2.24. The van der Waals surface area contributed by atoms with E-state index >= 15 is 0 Å². The predicted molar refractivity (Wildman–Crippen MR) is 83.1 cm³/mol. The summed E-state index contributed by atoms with van der Waals surface area (Å²) in [5, 5.41) is 10.7. The minimum absolute atomic E-state index is 0.410. The van der Waals surface area contributed by atoms with E-state index in [1.54, 1.807) is 6.20 Å². The lowest BCUT2D eigenvalue weighted by molar-refractivity contribution is 0.0629. The molecule has 5 heteroatoms. The Morgan fingerprint density at radius 3 is 3.00 bits per heavy atom. The van der Waals surface area contributed by atoms with Gasteiger partial charge in [0.15, 0.2) is 0 Å². The van der Waals surface area contributed by atoms with Crippen LogP contribution in [0.5, 0.6) is 0 Å². The van der Waals surface area contributed by atoms with E-state index < -0.39 is 0 Å². The monoisotopic (exact) mass is 286 g/mol. The van der Waals surface area contributed by atoms with E-state index in [0.29, 0.717) is 6.04 Å². The smallest absolute Gasteiger partial charge is 0.107 e. The third kappa shape index (κ3) is 3.61. The molecule has 112 valence electrons. The number of anilines is 1. The zero-order valence-corrected chi connectivity index (χ0v) is 12.4. The lowest BCUT2D eigenvalue weighted by Gasteiger charge is -2.25. The van der Waals surface area contributed by atoms with Crippen molar-refractivity contribution in [2.45, 2.75) is 32.2 Å². The van der Waals surface area contributed by atoms with Crippen LogP contribution in [0.2, 0.25) is 0 Å². The molecule has 2 aromatic rings. The Morgan fingerprint density at radius 1 is 1.38 bits per heavy atom. The topological polar surface area (TPSA) is 62.8 Å². The molecule has 0 spiro atoms. The van der Waals surface area contributed by atoms with Crippen LogP contribution in [0.3, 0.4) is 0 Å². The standard InChI is InChI=1S/C16H22N4O/c1-12(10-13-5-8-21-9-6-13)19-15-11-18-20-16(15)14-4-2-3-7-17-14/h2-4,7,11-13,19H,5-6,8-10H2,1H3,(H,18,20)/t12-/m1/s1. The first-order chi connectivity index (χ1) is 10.3. The Bertz CT molecular complexity index is 548. The number of aromatic nitrogens is 3. The maximum absolute atomic E-state index is 5.42. The van der Waals surface area contributed by atoms with Crippen LogP contribution in [-0.2, 0) is 4.74 Å². The third-order valence-corrected chi connectivity index (χ3v) is 3.99. The summed E-state index contributed by atoms with van der Waals surface area (Å²) in [6, 6.07) is 6.30. The van der Waals surface area contributed by atoms with Crippen molar-refractivity contribution in [3.63, 3.8) is 0 Å². The summed E-state index contributed by atoms with van der Waals surface area (Å²) in [5.41, 5.74) is 2.89. The van der Waals surface area contributed by atoms with Crippen molar-refractivity contribution in [2.24, 2.45) is 5.92 Å². The van der Waals surface area contributed by atoms with Gasteiger partial charge in [0.05, 0.1) is 17.6 Å². The highest BCUT2D eigenvalue weighted by Crippen LogP contribution is 2.26. The van der Waals surface area contributed by atoms with Crippen molar-refractivity contribution in [1.29, 1.82) is 0 Å². The number of hydrogen-bond donors (Lipinski definition) is 2. The van der Waals surface area contributed by atoms with Crippen LogP contribution in [0, 0.1) is 5.92 Å². The zero-order chi connectivity index (χ0) is 14.5. The summed E-state index contributed by atoms with van der Waals surface area (Å²) < 4.78 is 5.42. The molecule has 0 radical (unpaired) electrons. The maximum Gasteiger partial charge on any atom is 0.107 e. The summed E-state index contributed by atoms with van der Waals surface area (Å²) in [6.07, 6.45) is 7.14. The van der Waals surface area contributed by atoms with Gasteiger partial charge >= 0.3 is 0 Å². The van der Waals surface area contributed by atoms with Crippen LogP contribution >= 0.6 is 0 Å². The summed E-state index contributed by atoms with van der Waals surface area (Å²) in [5.74, 6) is 0.756. The van der Waals surface area contributed by atoms with Gasteiger partial charge < -0.3 is 10.1 Å². The molecule has 0 aromatic carbocycles. The lowest BCUT2D eigenvalue weighted by atomic mass is 9.93. The number of aromatic amines is 1. The van der Waals surface area contributed by atoms with E-state index in [2.05, 4.69) is 27.4 Å². The molecule has 0 aliphatic carbocycles. The van der Waals surface area contributed by atoms with Crippen molar-refractivity contribution in [1.82, 2.24) is 15.2 Å². The average molecular weight is 286 g/mol. The fraction of sp³-hybridized carbons (Fsp3) is 0.500. The fourth-order valence-electron chi connectivity index (χ4n) is 2.91. The number of H-pyrrole nitrogens is 1. The maximum atomic E-state index is 5.42. The van der Waals surface area contributed by atoms with E-state index in [4.69, 9.17) is 4.74 Å². The Labute approximate surface area is 125 Å². The van der Waals surface area contributed by atoms with Crippen molar-refractivity contribution in [3.05, 3.63) is 30.6 Å². The van der Waals surface area contributed by atoms with Crippen LogP contribution in [0.15, 0.2) is 30.6 Å². The minimum atomic E-state index is 0.410. The Kier molecular flexibility index (Phi) is 4.50. The third-order valence-electron chi connectivity index (χ3n) is 3.99. The largest absolute Gasteiger partial charge is 0.381 e. The summed E-state index contributed by atoms with van der Waals surface area (Å²) >= 11 is 0. The van der Waals surface area contributed by atoms with Gasteiger partial charge in [0.2, 0.25) is 0 Å². The highest BCUT2D eigenvalue weighted by molar-refractivity contribution is 5.71. The quantitative estimate of drug-likeness (QED) is 0.886. The summed E-state index contributed by atoms with van der Waals surface area (Å²) in [7, 11) is 0. The number of nitrogens with one attached hydrogen (secondary N) is 2. The van der Waals surface area contributed by atoms with Crippen molar-refractivity contribution < 1.29 is 4.74 Å². The molecule has 5 nitrogen and oxygen atoms in total. The molecule has 3 rings (SSSR count). The Hall–Kier alpha value is -1.88. The highest BCUT2D eigenvalue weighted by atomic mass is 16.5. The van der Waals surface area contributed by atoms with Gasteiger partial charge in [-0.15, -0.1) is 0 Å². The van der Waals surface area contributed by atoms with Gasteiger partial charge in [-0.3, -0.25) is 10.1 Å². The first-order valence-corrected chi connectivity index (χ1v) is 7.62. The van der Waals surface area contributed by atoms with Crippen molar-refractivity contribution in [2.75, 3.05) is 18.5 Å². The average Bonchev–Trinajstić information content (AvgIpc) is 2.97. The number of hydrogen-bond acceptors (Lipinski definition) is 4. The number of rotatable bonds is 5. The van der Waals surface area contributed by atoms with E-state index in [9.17, 15) is 0 Å². The second-order valence-corrected chi connectivity index (χ2v) is 5.71. The molecule has 2 aromatic heterocycles. The molecule has 1 saturated heterocycles. The zero-order valence-electron chi connectivity index (χ0n) is 12.4. The van der Waals surface area contributed by atoms with Gasteiger partial charge in [0, 0.05) is 25.5 Å². The summed E-state index contributed by atoms with van der Waals surface area (Å²) in [4.78, 5) is 4.38. The van der Waals surface area contributed by atoms with Crippen LogP contribution in [0.1, 0.15) is 26.2 Å². The molecule has 2 N–H and O–H groups in total. The van der Waals surface area contributed by atoms with Crippen molar-refractivity contribution in [3.8, 4) is 11.4 Å². The predicted octanol–water partition coefficient (Wildman–Crippen LogP) is 3.09. The van der Waals surface area contributed by atoms with Crippen LogP contribution < -0.4 is 5.32 Å². The summed E-state index contributed by atoms with van der Waals surface area (Å²) in [6.45, 7) is 4.04. The molecule has 1 aliphatic rings. The Balaban J connectivity index is 1.64. The molecule has 0 unspecified atom stereocenters. The van der Waals surface area contributed by atoms with E-state index in [1.165, 1.54) is 12.8 Å². The SMILES string of the molecule is C[C@H](CC1CCOCC1)Nc1cn[nH]c1-c1ccccn1. The van der Waals surface area contributed by atoms with E-state index in [0.717, 1.165) is 42.6 Å². The van der Waals surface area contributed by atoms with E-state index in [-0.39, 0.29) is 0 Å². The second kappa shape index (κ2) is 6.72. The first-order valence-electron chi connectivity index (χ1n) is 7.62. The fourth-order valence-corrected chi connectivity index (χ4v) is 2.91. The first kappa shape index (κ1) is 14.1. The molecule has 1 fully saturated rings. The molecule has 1 aliphatic heterocycles. The molecule has 0 bridgehead atoms. The molecule has 0 saturated carbocycles. The molecule has 0 amide bonds. The van der Waals surface area contributed by atoms with Gasteiger partial charge in [0.25, 0.3) is 0 Å². The normalized spacial score (nSPS) is 17.6. The van der Waals surface area contributed by atoms with Crippen molar-refractivity contribution >= 4 is 5.69 Å². The van der Waals surface area contributed by atoms with Gasteiger partial charge in [-0.05, 0) is 44.2 Å². The van der Waals surface area contributed by atoms with Crippen LogP contribution in [0.25, 0.3) is 11.4 Å². The van der Waals surface area contributed by atoms with Crippen LogP contribution in [-0.4, -0.2) is 34.4 Å². The molecular formula is C16H22N4O.